The molecule has 1 aromatic carbocycles. The number of carboxylic acid groups (broad SMARTS) is 1. The van der Waals surface area contributed by atoms with Crippen LogP contribution in [0.4, 0.5) is 0 Å². The van der Waals surface area contributed by atoms with Gasteiger partial charge in [-0.25, -0.2) is 0 Å². The smallest absolute Gasteiger partial charge is 0.307 e. The summed E-state index contributed by atoms with van der Waals surface area (Å²) in [5, 5.41) is 11.8. The van der Waals surface area contributed by atoms with Gasteiger partial charge in [0, 0.05) is 12.5 Å². The second-order valence-electron chi connectivity index (χ2n) is 5.18. The van der Waals surface area contributed by atoms with E-state index in [1.807, 2.05) is 25.1 Å². The molecule has 1 aliphatic rings. The molecule has 1 saturated carbocycles. The van der Waals surface area contributed by atoms with Crippen LogP contribution >= 0.6 is 0 Å². The second kappa shape index (κ2) is 5.87. The molecule has 1 aromatic rings. The summed E-state index contributed by atoms with van der Waals surface area (Å²) in [5.41, 5.74) is 1.63. The van der Waals surface area contributed by atoms with Gasteiger partial charge in [-0.15, -0.1) is 0 Å². The molecule has 2 rings (SSSR count). The number of amides is 1. The molecule has 1 unspecified atom stereocenters. The summed E-state index contributed by atoms with van der Waals surface area (Å²) in [6, 6.07) is 7.33. The number of hydrogen-bond acceptors (Lipinski definition) is 2. The zero-order chi connectivity index (χ0) is 13.8. The van der Waals surface area contributed by atoms with Crippen molar-refractivity contribution in [1.82, 2.24) is 5.32 Å². The van der Waals surface area contributed by atoms with E-state index in [9.17, 15) is 9.59 Å². The van der Waals surface area contributed by atoms with Gasteiger partial charge >= 0.3 is 5.97 Å². The monoisotopic (exact) mass is 261 g/mol. The number of nitrogens with one attached hydrogen (secondary N) is 1. The normalized spacial score (nSPS) is 15.8. The van der Waals surface area contributed by atoms with Crippen LogP contribution < -0.4 is 5.32 Å². The largest absolute Gasteiger partial charge is 0.481 e. The zero-order valence-corrected chi connectivity index (χ0v) is 11.1. The quantitative estimate of drug-likeness (QED) is 0.822. The molecule has 19 heavy (non-hydrogen) atoms. The van der Waals surface area contributed by atoms with Crippen LogP contribution in [-0.4, -0.2) is 17.0 Å². The average Bonchev–Trinajstić information content (AvgIpc) is 3.20. The maximum absolute atomic E-state index is 11.9. The molecule has 0 radical (unpaired) electrons. The first-order chi connectivity index (χ1) is 9.08. The molecule has 0 saturated heterocycles. The topological polar surface area (TPSA) is 66.4 Å². The molecule has 1 aliphatic carbocycles. The number of carbonyl (C=O) groups is 2. The van der Waals surface area contributed by atoms with Crippen LogP contribution in [0.15, 0.2) is 24.3 Å². The Kier molecular flexibility index (Phi) is 4.20. The molecule has 4 heteroatoms. The predicted molar refractivity (Wildman–Crippen MR) is 71.5 cm³/mol. The fourth-order valence-electron chi connectivity index (χ4n) is 2.22. The van der Waals surface area contributed by atoms with Gasteiger partial charge in [0.05, 0.1) is 6.42 Å². The van der Waals surface area contributed by atoms with Gasteiger partial charge in [-0.3, -0.25) is 9.59 Å². The number of benzene rings is 1. The van der Waals surface area contributed by atoms with E-state index in [-0.39, 0.29) is 18.2 Å². The van der Waals surface area contributed by atoms with E-state index in [0.717, 1.165) is 24.0 Å². The number of aliphatic carboxylic acids is 1. The van der Waals surface area contributed by atoms with E-state index in [4.69, 9.17) is 5.11 Å². The van der Waals surface area contributed by atoms with E-state index < -0.39 is 5.97 Å². The summed E-state index contributed by atoms with van der Waals surface area (Å²) in [5.74, 6) is -0.196. The Balaban J connectivity index is 1.94. The van der Waals surface area contributed by atoms with E-state index in [2.05, 4.69) is 5.32 Å². The SMILES string of the molecule is CC(C(=O)NCc1ccccc1CC(=O)O)C1CC1. The molecule has 1 atom stereocenters. The van der Waals surface area contributed by atoms with Crippen molar-refractivity contribution in [3.63, 3.8) is 0 Å². The molecule has 0 aliphatic heterocycles. The van der Waals surface area contributed by atoms with Gasteiger partial charge in [-0.05, 0) is 29.9 Å². The summed E-state index contributed by atoms with van der Waals surface area (Å²) < 4.78 is 0. The number of carbonyl (C=O) groups excluding carboxylic acids is 1. The van der Waals surface area contributed by atoms with Crippen LogP contribution in [0.5, 0.6) is 0 Å². The Labute approximate surface area is 112 Å². The highest BCUT2D eigenvalue weighted by molar-refractivity contribution is 5.79. The minimum Gasteiger partial charge on any atom is -0.481 e. The van der Waals surface area contributed by atoms with Gasteiger partial charge in [-0.1, -0.05) is 31.2 Å². The molecule has 1 fully saturated rings. The highest BCUT2D eigenvalue weighted by atomic mass is 16.4. The summed E-state index contributed by atoms with van der Waals surface area (Å²) in [6.45, 7) is 2.36. The van der Waals surface area contributed by atoms with Crippen molar-refractivity contribution in [3.05, 3.63) is 35.4 Å². The van der Waals surface area contributed by atoms with Crippen LogP contribution in [0.2, 0.25) is 0 Å². The van der Waals surface area contributed by atoms with Crippen molar-refractivity contribution in [2.45, 2.75) is 32.7 Å². The van der Waals surface area contributed by atoms with Gasteiger partial charge in [-0.2, -0.15) is 0 Å². The lowest BCUT2D eigenvalue weighted by molar-refractivity contribution is -0.136. The Bertz CT molecular complexity index is 480. The van der Waals surface area contributed by atoms with Crippen LogP contribution in [0, 0.1) is 11.8 Å². The first-order valence-corrected chi connectivity index (χ1v) is 6.64. The minimum atomic E-state index is -0.856. The first kappa shape index (κ1) is 13.6. The fourth-order valence-corrected chi connectivity index (χ4v) is 2.22. The van der Waals surface area contributed by atoms with Crippen molar-refractivity contribution in [1.29, 1.82) is 0 Å². The lowest BCUT2D eigenvalue weighted by atomic mass is 10.0. The molecule has 2 N–H and O–H groups in total. The van der Waals surface area contributed by atoms with Gasteiger partial charge in [0.25, 0.3) is 0 Å². The molecule has 4 nitrogen and oxygen atoms in total. The molecule has 0 aromatic heterocycles. The number of rotatable bonds is 6. The lowest BCUT2D eigenvalue weighted by Crippen LogP contribution is -2.30. The van der Waals surface area contributed by atoms with Crippen LogP contribution in [0.3, 0.4) is 0 Å². The standard InChI is InChI=1S/C15H19NO3/c1-10(11-6-7-11)15(19)16-9-13-5-3-2-4-12(13)8-14(17)18/h2-5,10-11H,6-9H2,1H3,(H,16,19)(H,17,18). The second-order valence-corrected chi connectivity index (χ2v) is 5.18. The average molecular weight is 261 g/mol. The summed E-state index contributed by atoms with van der Waals surface area (Å²) in [7, 11) is 0. The molecular formula is C15H19NO3. The zero-order valence-electron chi connectivity index (χ0n) is 11.1. The predicted octanol–water partition coefficient (Wildman–Crippen LogP) is 1.98. The van der Waals surface area contributed by atoms with Crippen molar-refractivity contribution >= 4 is 11.9 Å². The third-order valence-electron chi connectivity index (χ3n) is 3.66. The molecule has 0 spiro atoms. The Hall–Kier alpha value is -1.84. The Morgan fingerprint density at radius 1 is 1.32 bits per heavy atom. The highest BCUT2D eigenvalue weighted by Crippen LogP contribution is 2.36. The first-order valence-electron chi connectivity index (χ1n) is 6.64. The minimum absolute atomic E-state index is 0.00970. The lowest BCUT2D eigenvalue weighted by Gasteiger charge is -2.13. The molecule has 0 heterocycles. The van der Waals surface area contributed by atoms with Gasteiger partial charge < -0.3 is 10.4 Å². The van der Waals surface area contributed by atoms with Gasteiger partial charge in [0.1, 0.15) is 0 Å². The fraction of sp³-hybridized carbons (Fsp3) is 0.467. The van der Waals surface area contributed by atoms with Crippen molar-refractivity contribution < 1.29 is 14.7 Å². The molecular weight excluding hydrogens is 242 g/mol. The Morgan fingerprint density at radius 2 is 1.95 bits per heavy atom. The maximum Gasteiger partial charge on any atom is 0.307 e. The van der Waals surface area contributed by atoms with Crippen LogP contribution in [0.25, 0.3) is 0 Å². The van der Waals surface area contributed by atoms with Gasteiger partial charge in [0.15, 0.2) is 0 Å². The molecule has 0 bridgehead atoms. The van der Waals surface area contributed by atoms with E-state index in [1.165, 1.54) is 0 Å². The third-order valence-corrected chi connectivity index (χ3v) is 3.66. The summed E-state index contributed by atoms with van der Waals surface area (Å²) >= 11 is 0. The summed E-state index contributed by atoms with van der Waals surface area (Å²) in [4.78, 5) is 22.7. The Morgan fingerprint density at radius 3 is 2.53 bits per heavy atom. The van der Waals surface area contributed by atoms with E-state index >= 15 is 0 Å². The highest BCUT2D eigenvalue weighted by Gasteiger charge is 2.32. The van der Waals surface area contributed by atoms with Crippen LogP contribution in [-0.2, 0) is 22.6 Å². The number of hydrogen-bond donors (Lipinski definition) is 2. The van der Waals surface area contributed by atoms with Crippen molar-refractivity contribution in [2.24, 2.45) is 11.8 Å². The number of carboxylic acids is 1. The van der Waals surface area contributed by atoms with Gasteiger partial charge in [0.2, 0.25) is 5.91 Å². The van der Waals surface area contributed by atoms with E-state index in [1.54, 1.807) is 6.07 Å². The van der Waals surface area contributed by atoms with Crippen molar-refractivity contribution in [2.75, 3.05) is 0 Å². The summed E-state index contributed by atoms with van der Waals surface area (Å²) in [6.07, 6.45) is 2.28. The maximum atomic E-state index is 11.9. The van der Waals surface area contributed by atoms with E-state index in [0.29, 0.717) is 12.5 Å². The molecule has 102 valence electrons. The third kappa shape index (κ3) is 3.81. The molecule has 1 amide bonds. The van der Waals surface area contributed by atoms with Crippen molar-refractivity contribution in [3.8, 4) is 0 Å². The van der Waals surface area contributed by atoms with Crippen LogP contribution in [0.1, 0.15) is 30.9 Å².